The zero-order chi connectivity index (χ0) is 23.5. The Morgan fingerprint density at radius 1 is 1.25 bits per heavy atom. The molecule has 11 heteroatoms. The highest BCUT2D eigenvalue weighted by atomic mass is 35.5. The average Bonchev–Trinajstić information content (AvgIpc) is 2.93. The molecule has 0 saturated carbocycles. The Labute approximate surface area is 186 Å². The summed E-state index contributed by atoms with van der Waals surface area (Å²) in [6.07, 6.45) is -4.63. The van der Waals surface area contributed by atoms with Gasteiger partial charge < -0.3 is 20.8 Å². The van der Waals surface area contributed by atoms with Crippen molar-refractivity contribution in [2.75, 3.05) is 18.4 Å². The SMILES string of the molecule is O=C(O)CC(C(=O)O)C1CNCCc2c1ccc(Cl)c2NCc1cccc(C(F)(F)F)n1. The molecular weight excluding hydrogens is 451 g/mol. The van der Waals surface area contributed by atoms with E-state index in [4.69, 9.17) is 16.7 Å². The number of carboxylic acids is 2. The first kappa shape index (κ1) is 23.8. The number of nitrogens with one attached hydrogen (secondary N) is 2. The van der Waals surface area contributed by atoms with Crippen LogP contribution < -0.4 is 10.6 Å². The van der Waals surface area contributed by atoms with Crippen LogP contribution in [0, 0.1) is 5.92 Å². The van der Waals surface area contributed by atoms with Crippen LogP contribution in [0.25, 0.3) is 0 Å². The molecular formula is C21H21ClF3N3O4. The molecule has 2 heterocycles. The maximum absolute atomic E-state index is 12.9. The Bertz CT molecular complexity index is 1020. The molecule has 1 aromatic carbocycles. The molecule has 172 valence electrons. The first-order chi connectivity index (χ1) is 15.1. The van der Waals surface area contributed by atoms with Crippen LogP contribution in [0.2, 0.25) is 5.02 Å². The molecule has 32 heavy (non-hydrogen) atoms. The second-order valence-electron chi connectivity index (χ2n) is 7.46. The lowest BCUT2D eigenvalue weighted by atomic mass is 9.81. The van der Waals surface area contributed by atoms with E-state index in [1.54, 1.807) is 12.1 Å². The number of hydrogen-bond donors (Lipinski definition) is 4. The van der Waals surface area contributed by atoms with Crippen LogP contribution in [0.15, 0.2) is 30.3 Å². The van der Waals surface area contributed by atoms with Gasteiger partial charge in [-0.25, -0.2) is 4.98 Å². The van der Waals surface area contributed by atoms with E-state index in [0.29, 0.717) is 34.8 Å². The van der Waals surface area contributed by atoms with Crippen molar-refractivity contribution in [1.29, 1.82) is 0 Å². The highest BCUT2D eigenvalue weighted by molar-refractivity contribution is 6.33. The number of benzene rings is 1. The molecule has 2 atom stereocenters. The fourth-order valence-corrected chi connectivity index (χ4v) is 4.13. The van der Waals surface area contributed by atoms with Crippen molar-refractivity contribution in [2.45, 2.75) is 31.5 Å². The highest BCUT2D eigenvalue weighted by Gasteiger charge is 2.35. The number of hydrogen-bond acceptors (Lipinski definition) is 5. The quantitative estimate of drug-likeness (QED) is 0.486. The molecule has 0 amide bonds. The fraction of sp³-hybridized carbons (Fsp3) is 0.381. The first-order valence-corrected chi connectivity index (χ1v) is 10.2. The van der Waals surface area contributed by atoms with Gasteiger partial charge in [0.2, 0.25) is 0 Å². The minimum atomic E-state index is -4.56. The van der Waals surface area contributed by atoms with Crippen LogP contribution >= 0.6 is 11.6 Å². The average molecular weight is 472 g/mol. The standard InChI is InChI=1S/C21H21ClF3N3O4/c22-16-5-4-12-13(6-7-26-10-15(12)14(20(31)32)8-18(29)30)19(16)27-9-11-2-1-3-17(28-11)21(23,24)25/h1-5,14-15,26-27H,6-10H2,(H,29,30)(H,31,32). The van der Waals surface area contributed by atoms with E-state index in [2.05, 4.69) is 15.6 Å². The lowest BCUT2D eigenvalue weighted by Gasteiger charge is -2.25. The van der Waals surface area contributed by atoms with Gasteiger partial charge in [0.05, 0.1) is 35.3 Å². The Morgan fingerprint density at radius 2 is 2.00 bits per heavy atom. The van der Waals surface area contributed by atoms with Gasteiger partial charge in [-0.1, -0.05) is 23.7 Å². The molecule has 0 spiro atoms. The lowest BCUT2D eigenvalue weighted by Crippen LogP contribution is -2.31. The van der Waals surface area contributed by atoms with Crippen LogP contribution in [0.1, 0.15) is 34.9 Å². The van der Waals surface area contributed by atoms with E-state index in [9.17, 15) is 27.9 Å². The van der Waals surface area contributed by atoms with Gasteiger partial charge in [-0.05, 0) is 42.3 Å². The number of pyridine rings is 1. The van der Waals surface area contributed by atoms with Crippen LogP contribution in [0.3, 0.4) is 0 Å². The molecule has 3 rings (SSSR count). The van der Waals surface area contributed by atoms with Gasteiger partial charge in [0.1, 0.15) is 5.69 Å². The summed E-state index contributed by atoms with van der Waals surface area (Å²) >= 11 is 6.36. The number of carbonyl (C=O) groups is 2. The van der Waals surface area contributed by atoms with Gasteiger partial charge in [-0.15, -0.1) is 0 Å². The highest BCUT2D eigenvalue weighted by Crippen LogP contribution is 2.38. The smallest absolute Gasteiger partial charge is 0.433 e. The van der Waals surface area contributed by atoms with Crippen LogP contribution in [0.5, 0.6) is 0 Å². The van der Waals surface area contributed by atoms with E-state index in [1.165, 1.54) is 12.1 Å². The topological polar surface area (TPSA) is 112 Å². The molecule has 1 aromatic heterocycles. The normalized spacial score (nSPS) is 17.2. The summed E-state index contributed by atoms with van der Waals surface area (Å²) in [6.45, 7) is 0.739. The van der Waals surface area contributed by atoms with Crippen LogP contribution in [0.4, 0.5) is 18.9 Å². The van der Waals surface area contributed by atoms with Gasteiger partial charge in [-0.2, -0.15) is 13.2 Å². The third-order valence-electron chi connectivity index (χ3n) is 5.35. The molecule has 0 radical (unpaired) electrons. The minimum absolute atomic E-state index is 0.0321. The summed E-state index contributed by atoms with van der Waals surface area (Å²) in [7, 11) is 0. The minimum Gasteiger partial charge on any atom is -0.481 e. The van der Waals surface area contributed by atoms with Crippen molar-refractivity contribution < 1.29 is 33.0 Å². The fourth-order valence-electron chi connectivity index (χ4n) is 3.89. The molecule has 1 aliphatic heterocycles. The monoisotopic (exact) mass is 471 g/mol. The zero-order valence-corrected chi connectivity index (χ0v) is 17.5. The molecule has 4 N–H and O–H groups in total. The summed E-state index contributed by atoms with van der Waals surface area (Å²) in [5.41, 5.74) is 0.975. The van der Waals surface area contributed by atoms with E-state index >= 15 is 0 Å². The van der Waals surface area contributed by atoms with Crippen molar-refractivity contribution in [2.24, 2.45) is 5.92 Å². The summed E-state index contributed by atoms with van der Waals surface area (Å²) in [4.78, 5) is 26.7. The number of aromatic nitrogens is 1. The van der Waals surface area contributed by atoms with Crippen molar-refractivity contribution in [3.63, 3.8) is 0 Å². The number of halogens is 4. The van der Waals surface area contributed by atoms with Crippen molar-refractivity contribution in [3.05, 3.63) is 57.9 Å². The Kier molecular flexibility index (Phi) is 7.25. The summed E-state index contributed by atoms with van der Waals surface area (Å²) in [6, 6.07) is 6.86. The number of carboxylic acid groups (broad SMARTS) is 2. The molecule has 2 aromatic rings. The van der Waals surface area contributed by atoms with Crippen LogP contribution in [-0.2, 0) is 28.7 Å². The number of anilines is 1. The number of alkyl halides is 3. The summed E-state index contributed by atoms with van der Waals surface area (Å²) in [5, 5.41) is 25.3. The van der Waals surface area contributed by atoms with E-state index in [1.807, 2.05) is 0 Å². The van der Waals surface area contributed by atoms with Crippen molar-refractivity contribution in [3.8, 4) is 0 Å². The Morgan fingerprint density at radius 3 is 2.66 bits per heavy atom. The predicted octanol–water partition coefficient (Wildman–Crippen LogP) is 3.77. The molecule has 7 nitrogen and oxygen atoms in total. The van der Waals surface area contributed by atoms with Crippen LogP contribution in [-0.4, -0.2) is 40.2 Å². The third-order valence-corrected chi connectivity index (χ3v) is 5.67. The van der Waals surface area contributed by atoms with Gasteiger partial charge in [0.15, 0.2) is 0 Å². The molecule has 1 aliphatic rings. The van der Waals surface area contributed by atoms with E-state index in [-0.39, 0.29) is 18.8 Å². The summed E-state index contributed by atoms with van der Waals surface area (Å²) < 4.78 is 38.8. The maximum Gasteiger partial charge on any atom is 0.433 e. The Hall–Kier alpha value is -2.85. The largest absolute Gasteiger partial charge is 0.481 e. The summed E-state index contributed by atoms with van der Waals surface area (Å²) in [5.74, 6) is -4.21. The number of rotatable bonds is 7. The molecule has 0 fully saturated rings. The molecule has 0 bridgehead atoms. The van der Waals surface area contributed by atoms with Gasteiger partial charge in [0, 0.05) is 12.5 Å². The van der Waals surface area contributed by atoms with E-state index < -0.39 is 42.1 Å². The molecule has 2 unspecified atom stereocenters. The van der Waals surface area contributed by atoms with Gasteiger partial charge >= 0.3 is 18.1 Å². The molecule has 0 saturated heterocycles. The van der Waals surface area contributed by atoms with Crippen molar-refractivity contribution >= 4 is 29.2 Å². The van der Waals surface area contributed by atoms with Gasteiger partial charge in [-0.3, -0.25) is 9.59 Å². The Balaban J connectivity index is 1.94. The van der Waals surface area contributed by atoms with E-state index in [0.717, 1.165) is 6.07 Å². The number of aliphatic carboxylic acids is 2. The van der Waals surface area contributed by atoms with Gasteiger partial charge in [0.25, 0.3) is 0 Å². The number of nitrogens with zero attached hydrogens (tertiary/aromatic N) is 1. The molecule has 0 aliphatic carbocycles. The lowest BCUT2D eigenvalue weighted by molar-refractivity contribution is -0.149. The van der Waals surface area contributed by atoms with Crippen molar-refractivity contribution in [1.82, 2.24) is 10.3 Å². The maximum atomic E-state index is 12.9. The third kappa shape index (κ3) is 5.49. The predicted molar refractivity (Wildman–Crippen MR) is 111 cm³/mol. The first-order valence-electron chi connectivity index (χ1n) is 9.81. The zero-order valence-electron chi connectivity index (χ0n) is 16.7. The second-order valence-corrected chi connectivity index (χ2v) is 7.87. The number of fused-ring (bicyclic) bond motifs is 1. The second kappa shape index (κ2) is 9.74.